The number of aryl methyl sites for hydroxylation is 1. The van der Waals surface area contributed by atoms with Crippen LogP contribution in [0.1, 0.15) is 51.7 Å². The highest BCUT2D eigenvalue weighted by Gasteiger charge is 2.39. The molecule has 1 aromatic rings. The Morgan fingerprint density at radius 2 is 1.70 bits per heavy atom. The summed E-state index contributed by atoms with van der Waals surface area (Å²) >= 11 is 0. The van der Waals surface area contributed by atoms with Crippen LogP contribution in [0.3, 0.4) is 0 Å². The molecule has 0 bridgehead atoms. The first-order chi connectivity index (χ1) is 9.17. The van der Waals surface area contributed by atoms with Gasteiger partial charge in [-0.05, 0) is 37.0 Å². The van der Waals surface area contributed by atoms with Crippen LogP contribution in [0.25, 0.3) is 0 Å². The zero-order valence-corrected chi connectivity index (χ0v) is 15.1. The Bertz CT molecular complexity index is 455. The zero-order chi connectivity index (χ0) is 15.4. The van der Waals surface area contributed by atoms with E-state index in [1.807, 2.05) is 0 Å². The fourth-order valence-electron chi connectivity index (χ4n) is 1.53. The molecule has 0 spiro atoms. The third-order valence-corrected chi connectivity index (χ3v) is 8.22. The van der Waals surface area contributed by atoms with Crippen molar-refractivity contribution in [2.75, 3.05) is 0 Å². The van der Waals surface area contributed by atoms with E-state index in [4.69, 9.17) is 4.53 Å². The molecule has 0 aliphatic heterocycles. The first-order valence-electron chi connectivity index (χ1n) is 7.49. The van der Waals surface area contributed by atoms with Crippen LogP contribution in [0.4, 0.5) is 0 Å². The van der Waals surface area contributed by atoms with Crippen LogP contribution < -0.4 is 0 Å². The van der Waals surface area contributed by atoms with E-state index in [0.29, 0.717) is 0 Å². The van der Waals surface area contributed by atoms with Gasteiger partial charge in [-0.15, -0.1) is 5.16 Å². The second-order valence-corrected chi connectivity index (χ2v) is 11.7. The lowest BCUT2D eigenvalue weighted by Gasteiger charge is -2.33. The highest BCUT2D eigenvalue weighted by molar-refractivity contribution is 6.74. The third-order valence-electron chi connectivity index (χ3n) is 4.06. The second kappa shape index (κ2) is 6.57. The van der Waals surface area contributed by atoms with Gasteiger partial charge in [0.2, 0.25) is 0 Å². The highest BCUT2D eigenvalue weighted by atomic mass is 28.4. The van der Waals surface area contributed by atoms with Gasteiger partial charge in [0.1, 0.15) is 0 Å². The van der Waals surface area contributed by atoms with Crippen LogP contribution in [0.2, 0.25) is 18.1 Å². The van der Waals surface area contributed by atoms with Crippen molar-refractivity contribution in [1.82, 2.24) is 0 Å². The number of nitrogens with zero attached hydrogens (tertiary/aromatic N) is 1. The fourth-order valence-corrected chi connectivity index (χ4v) is 2.14. The molecular formula is C17H29NOSi. The fraction of sp³-hybridized carbons (Fsp3) is 0.588. The zero-order valence-electron chi connectivity index (χ0n) is 14.1. The molecule has 112 valence electrons. The summed E-state index contributed by atoms with van der Waals surface area (Å²) in [5.74, 6) is 0. The molecule has 0 heterocycles. The summed E-state index contributed by atoms with van der Waals surface area (Å²) in [7, 11) is -1.83. The Hall–Kier alpha value is -1.09. The summed E-state index contributed by atoms with van der Waals surface area (Å²) in [6.45, 7) is 15.5. The molecular weight excluding hydrogens is 262 g/mol. The Morgan fingerprint density at radius 3 is 2.15 bits per heavy atom. The summed E-state index contributed by atoms with van der Waals surface area (Å²) in [5.41, 5.74) is 3.52. The van der Waals surface area contributed by atoms with Crippen molar-refractivity contribution in [3.63, 3.8) is 0 Å². The minimum atomic E-state index is -1.83. The summed E-state index contributed by atoms with van der Waals surface area (Å²) in [6.07, 6.45) is 2.03. The monoisotopic (exact) mass is 291 g/mol. The van der Waals surface area contributed by atoms with E-state index in [2.05, 4.69) is 77.1 Å². The molecule has 2 nitrogen and oxygen atoms in total. The Labute approximate surface area is 125 Å². The molecule has 0 fully saturated rings. The molecule has 0 atom stereocenters. The molecule has 0 aliphatic carbocycles. The number of hydrogen-bond donors (Lipinski definition) is 0. The lowest BCUT2D eigenvalue weighted by Crippen LogP contribution is -2.39. The summed E-state index contributed by atoms with van der Waals surface area (Å²) in [4.78, 5) is 0. The standard InChI is InChI=1S/C17H29NOSi/c1-8-9-16(15-12-10-14(2)11-13-15)18-19-20(6,7)17(3,4)5/h10-13H,8-9H2,1-7H3/b18-16-. The molecule has 0 aliphatic rings. The molecule has 3 heteroatoms. The largest absolute Gasteiger partial charge is 0.455 e. The smallest absolute Gasteiger partial charge is 0.286 e. The van der Waals surface area contributed by atoms with Gasteiger partial charge in [0.05, 0.1) is 5.71 Å². The molecule has 0 radical (unpaired) electrons. The molecule has 0 N–H and O–H groups in total. The van der Waals surface area contributed by atoms with Crippen molar-refractivity contribution < 1.29 is 4.53 Å². The normalized spacial score (nSPS) is 13.4. The summed E-state index contributed by atoms with van der Waals surface area (Å²) in [5, 5.41) is 4.71. The Balaban J connectivity index is 2.97. The molecule has 0 saturated heterocycles. The van der Waals surface area contributed by atoms with E-state index in [1.54, 1.807) is 0 Å². The van der Waals surface area contributed by atoms with Gasteiger partial charge < -0.3 is 4.53 Å². The minimum Gasteiger partial charge on any atom is -0.455 e. The van der Waals surface area contributed by atoms with E-state index in [-0.39, 0.29) is 5.04 Å². The van der Waals surface area contributed by atoms with E-state index in [1.165, 1.54) is 11.1 Å². The predicted molar refractivity (Wildman–Crippen MR) is 90.9 cm³/mol. The van der Waals surface area contributed by atoms with Gasteiger partial charge in [-0.1, -0.05) is 63.9 Å². The Kier molecular flexibility index (Phi) is 5.57. The summed E-state index contributed by atoms with van der Waals surface area (Å²) in [6, 6.07) is 8.54. The van der Waals surface area contributed by atoms with Crippen LogP contribution in [0.5, 0.6) is 0 Å². The van der Waals surface area contributed by atoms with Crippen LogP contribution in [0.15, 0.2) is 29.4 Å². The number of oxime groups is 1. The molecule has 1 aromatic carbocycles. The molecule has 0 aromatic heterocycles. The maximum absolute atomic E-state index is 6.02. The van der Waals surface area contributed by atoms with E-state index in [9.17, 15) is 0 Å². The first-order valence-corrected chi connectivity index (χ1v) is 10.4. The van der Waals surface area contributed by atoms with Gasteiger partial charge >= 0.3 is 0 Å². The van der Waals surface area contributed by atoms with Crippen LogP contribution in [-0.4, -0.2) is 14.0 Å². The van der Waals surface area contributed by atoms with Crippen molar-refractivity contribution in [2.24, 2.45) is 5.16 Å². The van der Waals surface area contributed by atoms with E-state index >= 15 is 0 Å². The lowest BCUT2D eigenvalue weighted by atomic mass is 10.0. The maximum Gasteiger partial charge on any atom is 0.286 e. The lowest BCUT2D eigenvalue weighted by molar-refractivity contribution is 0.307. The molecule has 1 rings (SSSR count). The first kappa shape index (κ1) is 17.0. The average Bonchev–Trinajstić information content (AvgIpc) is 2.34. The SMILES string of the molecule is CCC/C(=N/O[Si](C)(C)C(C)(C)C)c1ccc(C)cc1. The number of rotatable bonds is 5. The molecule has 0 unspecified atom stereocenters. The minimum absolute atomic E-state index is 0.182. The van der Waals surface area contributed by atoms with Gasteiger partial charge in [0.25, 0.3) is 8.32 Å². The van der Waals surface area contributed by atoms with Gasteiger partial charge in [0.15, 0.2) is 0 Å². The quantitative estimate of drug-likeness (QED) is 0.397. The van der Waals surface area contributed by atoms with E-state index < -0.39 is 8.32 Å². The van der Waals surface area contributed by atoms with Crippen molar-refractivity contribution in [3.05, 3.63) is 35.4 Å². The third kappa shape index (κ3) is 4.48. The van der Waals surface area contributed by atoms with Gasteiger partial charge in [-0.2, -0.15) is 0 Å². The highest BCUT2D eigenvalue weighted by Crippen LogP contribution is 2.36. The average molecular weight is 292 g/mol. The number of benzene rings is 1. The van der Waals surface area contributed by atoms with Crippen LogP contribution >= 0.6 is 0 Å². The predicted octanol–water partition coefficient (Wildman–Crippen LogP) is 5.52. The van der Waals surface area contributed by atoms with Crippen LogP contribution in [0, 0.1) is 6.92 Å². The molecule has 20 heavy (non-hydrogen) atoms. The maximum atomic E-state index is 6.02. The van der Waals surface area contributed by atoms with Crippen molar-refractivity contribution >= 4 is 14.0 Å². The molecule has 0 saturated carbocycles. The topological polar surface area (TPSA) is 21.6 Å². The Morgan fingerprint density at radius 1 is 1.15 bits per heavy atom. The van der Waals surface area contributed by atoms with Crippen LogP contribution in [-0.2, 0) is 4.53 Å². The van der Waals surface area contributed by atoms with Crippen molar-refractivity contribution in [3.8, 4) is 0 Å². The second-order valence-electron chi connectivity index (χ2n) is 7.01. The summed E-state index contributed by atoms with van der Waals surface area (Å²) < 4.78 is 6.02. The van der Waals surface area contributed by atoms with Gasteiger partial charge in [-0.3, -0.25) is 0 Å². The number of hydrogen-bond acceptors (Lipinski definition) is 2. The van der Waals surface area contributed by atoms with E-state index in [0.717, 1.165) is 18.6 Å². The molecule has 0 amide bonds. The van der Waals surface area contributed by atoms with Gasteiger partial charge in [0, 0.05) is 0 Å². The van der Waals surface area contributed by atoms with Crippen molar-refractivity contribution in [2.45, 2.75) is 65.6 Å². The van der Waals surface area contributed by atoms with Crippen molar-refractivity contribution in [1.29, 1.82) is 0 Å². The van der Waals surface area contributed by atoms with Gasteiger partial charge in [-0.25, -0.2) is 0 Å².